The van der Waals surface area contributed by atoms with Crippen LogP contribution in [-0.2, 0) is 0 Å². The van der Waals surface area contributed by atoms with E-state index in [1.165, 1.54) is 0 Å². The standard InChI is InChI=1S/C19H14ClN5O/c20-14-6-3-5-12-16(8-9-23-17(12)14)25-10-13(18(26)24-19(21)22)11-4-1-2-7-15(11)25/h1-10H,(H4,21,22,24,26). The lowest BCUT2D eigenvalue weighted by Crippen LogP contribution is -2.35. The minimum atomic E-state index is -0.427. The van der Waals surface area contributed by atoms with Gasteiger partial charge in [0.15, 0.2) is 5.96 Å². The zero-order chi connectivity index (χ0) is 18.3. The molecule has 4 N–H and O–H groups in total. The fraction of sp³-hybridized carbons (Fsp3) is 0. The predicted molar refractivity (Wildman–Crippen MR) is 103 cm³/mol. The van der Waals surface area contributed by atoms with Crippen molar-refractivity contribution in [2.75, 3.05) is 0 Å². The van der Waals surface area contributed by atoms with E-state index < -0.39 is 11.9 Å². The molecular weight excluding hydrogens is 350 g/mol. The van der Waals surface area contributed by atoms with E-state index in [4.69, 9.17) is 22.7 Å². The van der Waals surface area contributed by atoms with Gasteiger partial charge < -0.3 is 10.3 Å². The van der Waals surface area contributed by atoms with E-state index in [0.717, 1.165) is 22.0 Å². The summed E-state index contributed by atoms with van der Waals surface area (Å²) in [5.41, 5.74) is 8.14. The number of nitrogens with one attached hydrogen (secondary N) is 2. The van der Waals surface area contributed by atoms with Crippen LogP contribution in [0.2, 0.25) is 5.02 Å². The monoisotopic (exact) mass is 363 g/mol. The van der Waals surface area contributed by atoms with Gasteiger partial charge in [-0.2, -0.15) is 0 Å². The van der Waals surface area contributed by atoms with Gasteiger partial charge >= 0.3 is 0 Å². The summed E-state index contributed by atoms with van der Waals surface area (Å²) in [5, 5.41) is 11.8. The van der Waals surface area contributed by atoms with Crippen LogP contribution in [0.3, 0.4) is 0 Å². The number of fused-ring (bicyclic) bond motifs is 2. The summed E-state index contributed by atoms with van der Waals surface area (Å²) >= 11 is 6.27. The first kappa shape index (κ1) is 16.1. The summed E-state index contributed by atoms with van der Waals surface area (Å²) in [4.78, 5) is 16.8. The molecule has 0 radical (unpaired) electrons. The van der Waals surface area contributed by atoms with Gasteiger partial charge in [-0.1, -0.05) is 41.9 Å². The second kappa shape index (κ2) is 6.16. The average molecular weight is 364 g/mol. The maximum atomic E-state index is 12.5. The number of amides is 1. The Kier molecular flexibility index (Phi) is 3.82. The summed E-state index contributed by atoms with van der Waals surface area (Å²) in [6.07, 6.45) is 3.42. The quantitative estimate of drug-likeness (QED) is 0.376. The first-order chi connectivity index (χ1) is 12.6. The van der Waals surface area contributed by atoms with Gasteiger partial charge in [-0.15, -0.1) is 0 Å². The molecule has 4 rings (SSSR count). The summed E-state index contributed by atoms with van der Waals surface area (Å²) in [7, 11) is 0. The van der Waals surface area contributed by atoms with Crippen molar-refractivity contribution >= 4 is 45.3 Å². The molecule has 2 aromatic carbocycles. The van der Waals surface area contributed by atoms with E-state index in [1.54, 1.807) is 18.5 Å². The minimum absolute atomic E-state index is 0.395. The Morgan fingerprint density at radius 1 is 1.12 bits per heavy atom. The van der Waals surface area contributed by atoms with E-state index in [0.29, 0.717) is 16.1 Å². The van der Waals surface area contributed by atoms with E-state index >= 15 is 0 Å². The number of hydrogen-bond acceptors (Lipinski definition) is 3. The molecule has 0 aliphatic carbocycles. The topological polar surface area (TPSA) is 96.8 Å². The number of pyridine rings is 1. The van der Waals surface area contributed by atoms with Crippen molar-refractivity contribution in [2.24, 2.45) is 5.73 Å². The summed E-state index contributed by atoms with van der Waals surface area (Å²) < 4.78 is 1.92. The second-order valence-corrected chi connectivity index (χ2v) is 6.17. The number of guanidine groups is 1. The molecule has 0 aliphatic rings. The molecule has 0 atom stereocenters. The molecule has 0 saturated carbocycles. The van der Waals surface area contributed by atoms with Crippen LogP contribution in [0, 0.1) is 5.41 Å². The molecule has 0 unspecified atom stereocenters. The third-order valence-electron chi connectivity index (χ3n) is 4.16. The van der Waals surface area contributed by atoms with Crippen molar-refractivity contribution < 1.29 is 4.79 Å². The van der Waals surface area contributed by atoms with Crippen LogP contribution in [0.15, 0.2) is 60.9 Å². The number of aromatic nitrogens is 2. The Balaban J connectivity index is 2.01. The molecule has 0 spiro atoms. The van der Waals surface area contributed by atoms with Crippen molar-refractivity contribution in [2.45, 2.75) is 0 Å². The van der Waals surface area contributed by atoms with Crippen LogP contribution < -0.4 is 11.1 Å². The second-order valence-electron chi connectivity index (χ2n) is 5.76. The molecular formula is C19H14ClN5O. The van der Waals surface area contributed by atoms with Crippen LogP contribution in [0.25, 0.3) is 27.5 Å². The fourth-order valence-corrected chi connectivity index (χ4v) is 3.31. The number of nitrogens with two attached hydrogens (primary N) is 1. The highest BCUT2D eigenvalue weighted by atomic mass is 35.5. The fourth-order valence-electron chi connectivity index (χ4n) is 3.09. The maximum absolute atomic E-state index is 12.5. The summed E-state index contributed by atoms with van der Waals surface area (Å²) in [5.74, 6) is -0.822. The van der Waals surface area contributed by atoms with Gasteiger partial charge in [-0.25, -0.2) is 0 Å². The number of carbonyl (C=O) groups excluding carboxylic acids is 1. The minimum Gasteiger partial charge on any atom is -0.370 e. The molecule has 0 bridgehead atoms. The number of rotatable bonds is 2. The van der Waals surface area contributed by atoms with Crippen molar-refractivity contribution in [3.63, 3.8) is 0 Å². The van der Waals surface area contributed by atoms with Crippen LogP contribution in [0.4, 0.5) is 0 Å². The molecule has 0 aliphatic heterocycles. The first-order valence-corrected chi connectivity index (χ1v) is 8.23. The maximum Gasteiger partial charge on any atom is 0.260 e. The molecule has 1 amide bonds. The predicted octanol–water partition coefficient (Wildman–Crippen LogP) is 3.46. The van der Waals surface area contributed by atoms with E-state index in [2.05, 4.69) is 10.3 Å². The lowest BCUT2D eigenvalue weighted by Gasteiger charge is -2.09. The molecule has 0 saturated heterocycles. The molecule has 128 valence electrons. The van der Waals surface area contributed by atoms with Gasteiger partial charge in [-0.05, 0) is 18.2 Å². The number of halogens is 1. The molecule has 4 aromatic rings. The highest BCUT2D eigenvalue weighted by molar-refractivity contribution is 6.35. The van der Waals surface area contributed by atoms with Gasteiger partial charge in [0.05, 0.1) is 27.3 Å². The van der Waals surface area contributed by atoms with Gasteiger partial charge in [0.2, 0.25) is 0 Å². The van der Waals surface area contributed by atoms with E-state index in [1.807, 2.05) is 47.0 Å². The molecule has 6 nitrogen and oxygen atoms in total. The zero-order valence-corrected chi connectivity index (χ0v) is 14.3. The lowest BCUT2D eigenvalue weighted by molar-refractivity contribution is 0.0978. The summed E-state index contributed by atoms with van der Waals surface area (Å²) in [6, 6.07) is 15.0. The highest BCUT2D eigenvalue weighted by Gasteiger charge is 2.17. The van der Waals surface area contributed by atoms with Crippen molar-refractivity contribution in [1.82, 2.24) is 14.9 Å². The van der Waals surface area contributed by atoms with Crippen LogP contribution in [0.5, 0.6) is 0 Å². The lowest BCUT2D eigenvalue weighted by atomic mass is 10.1. The van der Waals surface area contributed by atoms with Crippen LogP contribution in [-0.4, -0.2) is 21.4 Å². The van der Waals surface area contributed by atoms with Gasteiger partial charge in [0.25, 0.3) is 5.91 Å². The number of para-hydroxylation sites is 2. The van der Waals surface area contributed by atoms with Gasteiger partial charge in [0, 0.05) is 23.2 Å². The molecule has 26 heavy (non-hydrogen) atoms. The normalized spacial score (nSPS) is 11.0. The van der Waals surface area contributed by atoms with Crippen LogP contribution in [0.1, 0.15) is 10.4 Å². The third kappa shape index (κ3) is 2.57. The first-order valence-electron chi connectivity index (χ1n) is 7.85. The van der Waals surface area contributed by atoms with Crippen molar-refractivity contribution in [3.05, 3.63) is 71.5 Å². The molecule has 2 aromatic heterocycles. The van der Waals surface area contributed by atoms with Gasteiger partial charge in [-0.3, -0.25) is 20.5 Å². The van der Waals surface area contributed by atoms with Gasteiger partial charge in [0.1, 0.15) is 0 Å². The smallest absolute Gasteiger partial charge is 0.260 e. The van der Waals surface area contributed by atoms with Crippen molar-refractivity contribution in [1.29, 1.82) is 5.41 Å². The SMILES string of the molecule is N=C(N)NC(=O)c1cn(-c2ccnc3c(Cl)cccc23)c2ccccc12. The third-order valence-corrected chi connectivity index (χ3v) is 4.47. The Bertz CT molecular complexity index is 1180. The highest BCUT2D eigenvalue weighted by Crippen LogP contribution is 2.30. The van der Waals surface area contributed by atoms with E-state index in [9.17, 15) is 4.79 Å². The van der Waals surface area contributed by atoms with E-state index in [-0.39, 0.29) is 0 Å². The Hall–Kier alpha value is -3.38. The number of hydrogen-bond donors (Lipinski definition) is 3. The molecule has 0 fully saturated rings. The number of carbonyl (C=O) groups is 1. The molecule has 7 heteroatoms. The number of benzene rings is 2. The zero-order valence-electron chi connectivity index (χ0n) is 13.5. The Morgan fingerprint density at radius 3 is 2.69 bits per heavy atom. The largest absolute Gasteiger partial charge is 0.370 e. The Labute approximate surface area is 153 Å². The van der Waals surface area contributed by atoms with Crippen molar-refractivity contribution in [3.8, 4) is 5.69 Å². The molecule has 2 heterocycles. The number of nitrogens with zero attached hydrogens (tertiary/aromatic N) is 2. The Morgan fingerprint density at radius 2 is 1.88 bits per heavy atom. The van der Waals surface area contributed by atoms with Crippen LogP contribution >= 0.6 is 11.6 Å². The summed E-state index contributed by atoms with van der Waals surface area (Å²) in [6.45, 7) is 0. The average Bonchev–Trinajstić information content (AvgIpc) is 3.01.